The number of rotatable bonds is 6. The Kier molecular flexibility index (Phi) is 7.20. The first-order chi connectivity index (χ1) is 14.5. The molecule has 30 heavy (non-hydrogen) atoms. The van der Waals surface area contributed by atoms with Gasteiger partial charge in [-0.05, 0) is 82.6 Å². The molecule has 0 atom stereocenters. The van der Waals surface area contributed by atoms with E-state index in [1.165, 1.54) is 18.2 Å². The Balaban J connectivity index is 1.72. The summed E-state index contributed by atoms with van der Waals surface area (Å²) in [5.41, 5.74) is 3.02. The Morgan fingerprint density at radius 2 is 1.97 bits per heavy atom. The summed E-state index contributed by atoms with van der Waals surface area (Å²) in [5.74, 6) is -0.132. The SMILES string of the molecule is Cc1ccccc1NC(=O)/C(C#N)=C\c1ccc(OCc2cccc(F)c2)c(I)c1. The molecule has 3 rings (SSSR count). The lowest BCUT2D eigenvalue weighted by Crippen LogP contribution is -2.14. The highest BCUT2D eigenvalue weighted by atomic mass is 127. The van der Waals surface area contributed by atoms with Crippen LogP contribution in [0.5, 0.6) is 5.75 Å². The van der Waals surface area contributed by atoms with Gasteiger partial charge in [0.2, 0.25) is 0 Å². The van der Waals surface area contributed by atoms with Gasteiger partial charge in [0, 0.05) is 5.69 Å². The van der Waals surface area contributed by atoms with E-state index in [1.807, 2.05) is 37.3 Å². The second kappa shape index (κ2) is 10.0. The number of benzene rings is 3. The first-order valence-electron chi connectivity index (χ1n) is 9.12. The molecule has 1 N–H and O–H groups in total. The highest BCUT2D eigenvalue weighted by Gasteiger charge is 2.11. The fourth-order valence-corrected chi connectivity index (χ4v) is 3.42. The molecule has 0 saturated carbocycles. The summed E-state index contributed by atoms with van der Waals surface area (Å²) >= 11 is 2.12. The van der Waals surface area contributed by atoms with Crippen LogP contribution >= 0.6 is 22.6 Å². The van der Waals surface area contributed by atoms with Crippen LogP contribution < -0.4 is 10.1 Å². The van der Waals surface area contributed by atoms with Crippen molar-refractivity contribution >= 4 is 40.3 Å². The molecule has 0 spiro atoms. The molecule has 0 aromatic heterocycles. The third kappa shape index (κ3) is 5.67. The maximum absolute atomic E-state index is 13.3. The van der Waals surface area contributed by atoms with Crippen LogP contribution in [0.15, 0.2) is 72.3 Å². The molecule has 0 saturated heterocycles. The van der Waals surface area contributed by atoms with Crippen LogP contribution in [0.25, 0.3) is 6.08 Å². The van der Waals surface area contributed by atoms with E-state index in [-0.39, 0.29) is 18.0 Å². The van der Waals surface area contributed by atoms with Gasteiger partial charge in [0.05, 0.1) is 3.57 Å². The number of carbonyl (C=O) groups excluding carboxylic acids is 1. The van der Waals surface area contributed by atoms with Crippen molar-refractivity contribution in [2.45, 2.75) is 13.5 Å². The van der Waals surface area contributed by atoms with E-state index in [9.17, 15) is 14.4 Å². The van der Waals surface area contributed by atoms with Gasteiger partial charge >= 0.3 is 0 Å². The molecular weight excluding hydrogens is 494 g/mol. The van der Waals surface area contributed by atoms with Gasteiger partial charge in [0.25, 0.3) is 5.91 Å². The highest BCUT2D eigenvalue weighted by Crippen LogP contribution is 2.25. The van der Waals surface area contributed by atoms with E-state index in [2.05, 4.69) is 27.9 Å². The lowest BCUT2D eigenvalue weighted by atomic mass is 10.1. The molecule has 4 nitrogen and oxygen atoms in total. The number of anilines is 1. The number of nitrogens with one attached hydrogen (secondary N) is 1. The Hall–Kier alpha value is -3.18. The number of hydrogen-bond donors (Lipinski definition) is 1. The van der Waals surface area contributed by atoms with Crippen molar-refractivity contribution < 1.29 is 13.9 Å². The van der Waals surface area contributed by atoms with Gasteiger partial charge in [0.15, 0.2) is 0 Å². The molecule has 0 unspecified atom stereocenters. The summed E-state index contributed by atoms with van der Waals surface area (Å²) in [5, 5.41) is 12.2. The summed E-state index contributed by atoms with van der Waals surface area (Å²) in [4.78, 5) is 12.5. The standard InChI is InChI=1S/C24H18FIN2O2/c1-16-5-2-3-8-22(16)28-24(29)19(14-27)11-17-9-10-23(21(26)13-17)30-15-18-6-4-7-20(25)12-18/h2-13H,15H2,1H3,(H,28,29)/b19-11-. The van der Waals surface area contributed by atoms with Gasteiger partial charge in [-0.1, -0.05) is 36.4 Å². The van der Waals surface area contributed by atoms with E-state index in [1.54, 1.807) is 30.3 Å². The molecule has 1 amide bonds. The van der Waals surface area contributed by atoms with Gasteiger partial charge in [-0.2, -0.15) is 5.26 Å². The first kappa shape index (κ1) is 21.5. The van der Waals surface area contributed by atoms with E-state index in [4.69, 9.17) is 4.74 Å². The quantitative estimate of drug-likeness (QED) is 0.256. The molecule has 0 heterocycles. The highest BCUT2D eigenvalue weighted by molar-refractivity contribution is 14.1. The molecule has 3 aromatic rings. The van der Waals surface area contributed by atoms with Crippen LogP contribution in [0.1, 0.15) is 16.7 Å². The summed E-state index contributed by atoms with van der Waals surface area (Å²) < 4.78 is 19.9. The first-order valence-corrected chi connectivity index (χ1v) is 10.2. The van der Waals surface area contributed by atoms with Crippen molar-refractivity contribution in [2.75, 3.05) is 5.32 Å². The van der Waals surface area contributed by atoms with Crippen LogP contribution in [-0.4, -0.2) is 5.91 Å². The summed E-state index contributed by atoms with van der Waals surface area (Å²) in [6.07, 6.45) is 1.53. The van der Waals surface area contributed by atoms with Crippen LogP contribution in [0.4, 0.5) is 10.1 Å². The summed E-state index contributed by atoms with van der Waals surface area (Å²) in [7, 11) is 0. The number of para-hydroxylation sites is 1. The Morgan fingerprint density at radius 3 is 2.67 bits per heavy atom. The minimum atomic E-state index is -0.465. The largest absolute Gasteiger partial charge is 0.488 e. The zero-order valence-electron chi connectivity index (χ0n) is 16.2. The molecule has 6 heteroatoms. The smallest absolute Gasteiger partial charge is 0.266 e. The van der Waals surface area contributed by atoms with Crippen molar-refractivity contribution in [1.82, 2.24) is 0 Å². The van der Waals surface area contributed by atoms with Crippen LogP contribution in [0.2, 0.25) is 0 Å². The maximum atomic E-state index is 13.3. The molecule has 0 aliphatic rings. The molecule has 0 aliphatic heterocycles. The number of amides is 1. The number of carbonyl (C=O) groups is 1. The Bertz CT molecular complexity index is 1150. The summed E-state index contributed by atoms with van der Waals surface area (Å²) in [6.45, 7) is 2.13. The fourth-order valence-electron chi connectivity index (χ4n) is 2.73. The van der Waals surface area contributed by atoms with Crippen LogP contribution in [-0.2, 0) is 11.4 Å². The predicted octanol–water partition coefficient (Wildman–Crippen LogP) is 5.86. The van der Waals surface area contributed by atoms with Crippen molar-refractivity contribution in [2.24, 2.45) is 0 Å². The molecule has 3 aromatic carbocycles. The lowest BCUT2D eigenvalue weighted by molar-refractivity contribution is -0.112. The molecule has 0 bridgehead atoms. The Morgan fingerprint density at radius 1 is 1.17 bits per heavy atom. The molecule has 150 valence electrons. The normalized spacial score (nSPS) is 10.9. The molecule has 0 fully saturated rings. The van der Waals surface area contributed by atoms with E-state index < -0.39 is 5.91 Å². The van der Waals surface area contributed by atoms with Crippen molar-refractivity contribution in [3.05, 3.63) is 98.4 Å². The second-order valence-electron chi connectivity index (χ2n) is 6.55. The number of nitrogens with zero attached hydrogens (tertiary/aromatic N) is 1. The van der Waals surface area contributed by atoms with Crippen LogP contribution in [0, 0.1) is 27.6 Å². The van der Waals surface area contributed by atoms with E-state index in [0.29, 0.717) is 17.0 Å². The number of hydrogen-bond acceptors (Lipinski definition) is 3. The van der Waals surface area contributed by atoms with Gasteiger partial charge < -0.3 is 10.1 Å². The molecule has 0 aliphatic carbocycles. The van der Waals surface area contributed by atoms with Gasteiger partial charge in [0.1, 0.15) is 29.8 Å². The average Bonchev–Trinajstić information content (AvgIpc) is 2.73. The zero-order chi connectivity index (χ0) is 21.5. The Labute approximate surface area is 188 Å². The van der Waals surface area contributed by atoms with E-state index in [0.717, 1.165) is 14.7 Å². The van der Waals surface area contributed by atoms with Crippen molar-refractivity contribution in [1.29, 1.82) is 5.26 Å². The van der Waals surface area contributed by atoms with Crippen LogP contribution in [0.3, 0.4) is 0 Å². The maximum Gasteiger partial charge on any atom is 0.266 e. The van der Waals surface area contributed by atoms with Gasteiger partial charge in [-0.15, -0.1) is 0 Å². The van der Waals surface area contributed by atoms with Gasteiger partial charge in [-0.25, -0.2) is 4.39 Å². The second-order valence-corrected chi connectivity index (χ2v) is 7.71. The number of ether oxygens (including phenoxy) is 1. The topological polar surface area (TPSA) is 62.1 Å². The average molecular weight is 512 g/mol. The van der Waals surface area contributed by atoms with Crippen molar-refractivity contribution in [3.63, 3.8) is 0 Å². The molecular formula is C24H18FIN2O2. The number of aryl methyl sites for hydroxylation is 1. The van der Waals surface area contributed by atoms with E-state index >= 15 is 0 Å². The third-order valence-corrected chi connectivity index (χ3v) is 5.15. The van der Waals surface area contributed by atoms with Gasteiger partial charge in [-0.3, -0.25) is 4.79 Å². The summed E-state index contributed by atoms with van der Waals surface area (Å²) in [6, 6.07) is 20.9. The third-order valence-electron chi connectivity index (χ3n) is 4.31. The minimum absolute atomic E-state index is 0.00230. The predicted molar refractivity (Wildman–Crippen MR) is 123 cm³/mol. The zero-order valence-corrected chi connectivity index (χ0v) is 18.3. The van der Waals surface area contributed by atoms with Crippen molar-refractivity contribution in [3.8, 4) is 11.8 Å². The number of halogens is 2. The fraction of sp³-hybridized carbons (Fsp3) is 0.0833. The minimum Gasteiger partial charge on any atom is -0.488 e. The number of nitriles is 1. The molecule has 0 radical (unpaired) electrons. The lowest BCUT2D eigenvalue weighted by Gasteiger charge is -2.10. The monoisotopic (exact) mass is 512 g/mol.